The fourth-order valence-electron chi connectivity index (χ4n) is 2.78. The number of thiophene rings is 1. The van der Waals surface area contributed by atoms with Gasteiger partial charge in [-0.3, -0.25) is 14.6 Å². The Bertz CT molecular complexity index is 724. The van der Waals surface area contributed by atoms with Gasteiger partial charge in [0.25, 0.3) is 11.8 Å². The highest BCUT2D eigenvalue weighted by Gasteiger charge is 2.27. The lowest BCUT2D eigenvalue weighted by Gasteiger charge is -2.18. The van der Waals surface area contributed by atoms with E-state index < -0.39 is 5.91 Å². The van der Waals surface area contributed by atoms with Crippen LogP contribution in [0, 0.1) is 5.92 Å². The molecular weight excluding hydrogens is 298 g/mol. The van der Waals surface area contributed by atoms with Crippen molar-refractivity contribution in [3.8, 4) is 0 Å². The van der Waals surface area contributed by atoms with Crippen LogP contribution in [0.15, 0.2) is 24.5 Å². The van der Waals surface area contributed by atoms with E-state index in [0.717, 1.165) is 29.7 Å². The number of fused-ring (bicyclic) bond motifs is 1. The van der Waals surface area contributed by atoms with Crippen molar-refractivity contribution in [2.75, 3.05) is 5.32 Å². The van der Waals surface area contributed by atoms with Crippen molar-refractivity contribution in [1.29, 1.82) is 0 Å². The molecule has 0 spiro atoms. The second-order valence-corrected chi connectivity index (χ2v) is 6.72. The van der Waals surface area contributed by atoms with Gasteiger partial charge in [-0.25, -0.2) is 0 Å². The lowest BCUT2D eigenvalue weighted by atomic mass is 9.88. The van der Waals surface area contributed by atoms with Gasteiger partial charge in [0.1, 0.15) is 5.00 Å². The quantitative estimate of drug-likeness (QED) is 0.913. The zero-order valence-electron chi connectivity index (χ0n) is 12.3. The van der Waals surface area contributed by atoms with E-state index in [9.17, 15) is 9.59 Å². The van der Waals surface area contributed by atoms with Crippen molar-refractivity contribution in [1.82, 2.24) is 4.98 Å². The number of anilines is 1. The van der Waals surface area contributed by atoms with Gasteiger partial charge in [-0.15, -0.1) is 11.3 Å². The number of pyridine rings is 1. The molecule has 0 radical (unpaired) electrons. The number of carbonyl (C=O) groups excluding carboxylic acids is 2. The first-order valence-electron chi connectivity index (χ1n) is 7.22. The van der Waals surface area contributed by atoms with Crippen molar-refractivity contribution in [3.63, 3.8) is 0 Å². The zero-order chi connectivity index (χ0) is 15.7. The molecule has 1 atom stereocenters. The Kier molecular flexibility index (Phi) is 3.94. The second kappa shape index (κ2) is 5.88. The van der Waals surface area contributed by atoms with Crippen LogP contribution in [0.1, 0.15) is 44.5 Å². The summed E-state index contributed by atoms with van der Waals surface area (Å²) in [6.45, 7) is 2.20. The van der Waals surface area contributed by atoms with Gasteiger partial charge in [0, 0.05) is 22.8 Å². The molecule has 2 aromatic rings. The topological polar surface area (TPSA) is 85.1 Å². The predicted octanol–water partition coefficient (Wildman–Crippen LogP) is 2.62. The molecule has 2 amide bonds. The minimum atomic E-state index is -0.475. The van der Waals surface area contributed by atoms with Crippen LogP contribution in [0.3, 0.4) is 0 Å². The van der Waals surface area contributed by atoms with Gasteiger partial charge in [-0.2, -0.15) is 0 Å². The third-order valence-electron chi connectivity index (χ3n) is 3.93. The molecule has 22 heavy (non-hydrogen) atoms. The third kappa shape index (κ3) is 2.74. The molecule has 5 nitrogen and oxygen atoms in total. The number of amides is 2. The molecule has 0 saturated carbocycles. The molecule has 0 unspecified atom stereocenters. The van der Waals surface area contributed by atoms with Crippen LogP contribution in [-0.2, 0) is 12.8 Å². The number of aromatic nitrogens is 1. The molecule has 1 aliphatic rings. The van der Waals surface area contributed by atoms with Gasteiger partial charge in [-0.05, 0) is 42.9 Å². The van der Waals surface area contributed by atoms with Crippen LogP contribution >= 0.6 is 11.3 Å². The maximum absolute atomic E-state index is 12.3. The molecule has 0 aromatic carbocycles. The van der Waals surface area contributed by atoms with Gasteiger partial charge in [0.15, 0.2) is 0 Å². The van der Waals surface area contributed by atoms with Gasteiger partial charge >= 0.3 is 0 Å². The fraction of sp³-hybridized carbons (Fsp3) is 0.312. The highest BCUT2D eigenvalue weighted by Crippen LogP contribution is 2.39. The van der Waals surface area contributed by atoms with Gasteiger partial charge in [-0.1, -0.05) is 6.92 Å². The summed E-state index contributed by atoms with van der Waals surface area (Å²) < 4.78 is 0. The number of carbonyl (C=O) groups is 2. The van der Waals surface area contributed by atoms with E-state index in [0.29, 0.717) is 22.0 Å². The van der Waals surface area contributed by atoms with E-state index >= 15 is 0 Å². The first-order valence-corrected chi connectivity index (χ1v) is 8.03. The minimum absolute atomic E-state index is 0.253. The Balaban J connectivity index is 1.94. The maximum atomic E-state index is 12.3. The number of nitrogens with one attached hydrogen (secondary N) is 1. The van der Waals surface area contributed by atoms with Crippen LogP contribution in [0.4, 0.5) is 5.00 Å². The predicted molar refractivity (Wildman–Crippen MR) is 86.2 cm³/mol. The van der Waals surface area contributed by atoms with E-state index in [1.54, 1.807) is 24.5 Å². The number of hydrogen-bond donors (Lipinski definition) is 2. The monoisotopic (exact) mass is 315 g/mol. The molecule has 0 bridgehead atoms. The Morgan fingerprint density at radius 2 is 2.09 bits per heavy atom. The minimum Gasteiger partial charge on any atom is -0.365 e. The first-order chi connectivity index (χ1) is 10.6. The number of hydrogen-bond acceptors (Lipinski definition) is 4. The summed E-state index contributed by atoms with van der Waals surface area (Å²) >= 11 is 1.47. The van der Waals surface area contributed by atoms with E-state index in [1.165, 1.54) is 11.3 Å². The highest BCUT2D eigenvalue weighted by molar-refractivity contribution is 7.17. The molecule has 6 heteroatoms. The van der Waals surface area contributed by atoms with E-state index in [4.69, 9.17) is 5.73 Å². The normalized spacial score (nSPS) is 16.9. The van der Waals surface area contributed by atoms with Crippen molar-refractivity contribution in [3.05, 3.63) is 46.1 Å². The molecule has 0 saturated heterocycles. The van der Waals surface area contributed by atoms with Crippen LogP contribution in [0.25, 0.3) is 0 Å². The van der Waals surface area contributed by atoms with Crippen LogP contribution in [0.2, 0.25) is 0 Å². The molecule has 3 N–H and O–H groups in total. The zero-order valence-corrected chi connectivity index (χ0v) is 13.1. The summed E-state index contributed by atoms with van der Waals surface area (Å²) in [4.78, 5) is 29.2. The molecule has 2 aromatic heterocycles. The van der Waals surface area contributed by atoms with E-state index in [2.05, 4.69) is 17.2 Å². The number of rotatable bonds is 3. The van der Waals surface area contributed by atoms with Crippen LogP contribution in [0.5, 0.6) is 0 Å². The lowest BCUT2D eigenvalue weighted by Crippen LogP contribution is -2.19. The average Bonchev–Trinajstić information content (AvgIpc) is 2.85. The number of primary amides is 1. The standard InChI is InChI=1S/C16H17N3O2S/c1-9-2-3-11-12(8-9)22-16(13(11)14(17)20)19-15(21)10-4-6-18-7-5-10/h4-7,9H,2-3,8H2,1H3,(H2,17,20)(H,19,21)/t9-/m1/s1. The van der Waals surface area contributed by atoms with Gasteiger partial charge in [0.2, 0.25) is 0 Å². The van der Waals surface area contributed by atoms with Crippen molar-refractivity contribution < 1.29 is 9.59 Å². The summed E-state index contributed by atoms with van der Waals surface area (Å²) in [5.74, 6) is -0.135. The van der Waals surface area contributed by atoms with Crippen molar-refractivity contribution in [2.45, 2.75) is 26.2 Å². The fourth-order valence-corrected chi connectivity index (χ4v) is 4.19. The van der Waals surface area contributed by atoms with Gasteiger partial charge in [0.05, 0.1) is 5.56 Å². The second-order valence-electron chi connectivity index (χ2n) is 5.61. The Morgan fingerprint density at radius 1 is 1.36 bits per heavy atom. The van der Waals surface area contributed by atoms with Crippen molar-refractivity contribution in [2.24, 2.45) is 11.7 Å². The number of nitrogens with zero attached hydrogens (tertiary/aromatic N) is 1. The lowest BCUT2D eigenvalue weighted by molar-refractivity contribution is 0.1000. The molecular formula is C16H17N3O2S. The Labute approximate surface area is 132 Å². The Morgan fingerprint density at radius 3 is 2.77 bits per heavy atom. The number of nitrogens with two attached hydrogens (primary N) is 1. The highest BCUT2D eigenvalue weighted by atomic mass is 32.1. The summed E-state index contributed by atoms with van der Waals surface area (Å²) in [6, 6.07) is 3.27. The summed E-state index contributed by atoms with van der Waals surface area (Å²) in [6.07, 6.45) is 5.94. The summed E-state index contributed by atoms with van der Waals surface area (Å²) in [5, 5.41) is 3.39. The largest absolute Gasteiger partial charge is 0.365 e. The maximum Gasteiger partial charge on any atom is 0.256 e. The molecule has 0 aliphatic heterocycles. The van der Waals surface area contributed by atoms with Crippen LogP contribution < -0.4 is 11.1 Å². The molecule has 114 valence electrons. The summed E-state index contributed by atoms with van der Waals surface area (Å²) in [5.41, 5.74) is 7.54. The average molecular weight is 315 g/mol. The van der Waals surface area contributed by atoms with E-state index in [1.807, 2.05) is 0 Å². The molecule has 2 heterocycles. The van der Waals surface area contributed by atoms with Gasteiger partial charge < -0.3 is 11.1 Å². The molecule has 1 aliphatic carbocycles. The smallest absolute Gasteiger partial charge is 0.256 e. The Hall–Kier alpha value is -2.21. The summed E-state index contributed by atoms with van der Waals surface area (Å²) in [7, 11) is 0. The SMILES string of the molecule is C[C@@H]1CCc2c(sc(NC(=O)c3ccncc3)c2C(N)=O)C1. The van der Waals surface area contributed by atoms with E-state index in [-0.39, 0.29) is 5.91 Å². The molecule has 3 rings (SSSR count). The van der Waals surface area contributed by atoms with Crippen LogP contribution in [-0.4, -0.2) is 16.8 Å². The van der Waals surface area contributed by atoms with Crippen molar-refractivity contribution >= 4 is 28.2 Å². The molecule has 0 fully saturated rings. The third-order valence-corrected chi connectivity index (χ3v) is 5.10. The first kappa shape index (κ1) is 14.7.